The number of hydrogen-bond donors (Lipinski definition) is 2. The van der Waals surface area contributed by atoms with Crippen LogP contribution in [-0.2, 0) is 4.79 Å². The average molecular weight is 356 g/mol. The van der Waals surface area contributed by atoms with E-state index in [9.17, 15) is 4.79 Å². The zero-order valence-electron chi connectivity index (χ0n) is 14.7. The number of piperidine rings is 1. The summed E-state index contributed by atoms with van der Waals surface area (Å²) in [6, 6.07) is -0.433. The van der Waals surface area contributed by atoms with Gasteiger partial charge < -0.3 is 16.0 Å². The topological polar surface area (TPSA) is 58.4 Å². The van der Waals surface area contributed by atoms with Crippen LogP contribution in [0.1, 0.15) is 47.5 Å². The smallest absolute Gasteiger partial charge is 0.237 e. The van der Waals surface area contributed by atoms with E-state index in [1.165, 1.54) is 19.5 Å². The largest absolute Gasteiger partial charge is 0.355 e. The van der Waals surface area contributed by atoms with Crippen LogP contribution in [0.25, 0.3) is 0 Å². The maximum absolute atomic E-state index is 11.9. The molecule has 0 spiro atoms. The molecule has 1 saturated heterocycles. The minimum atomic E-state index is -0.433. The Bertz CT molecular complexity index is 311. The summed E-state index contributed by atoms with van der Waals surface area (Å²) in [4.78, 5) is 14.4. The first kappa shape index (κ1) is 24.2. The molecular formula is C16H35Cl2N3O. The zero-order valence-corrected chi connectivity index (χ0v) is 16.4. The van der Waals surface area contributed by atoms with Crippen LogP contribution in [0, 0.1) is 17.3 Å². The summed E-state index contributed by atoms with van der Waals surface area (Å²) in [5.41, 5.74) is 5.75. The minimum Gasteiger partial charge on any atom is -0.355 e. The van der Waals surface area contributed by atoms with Gasteiger partial charge in [-0.1, -0.05) is 34.6 Å². The molecule has 4 nitrogen and oxygen atoms in total. The van der Waals surface area contributed by atoms with E-state index in [4.69, 9.17) is 5.73 Å². The highest BCUT2D eigenvalue weighted by molar-refractivity contribution is 5.85. The third-order valence-corrected chi connectivity index (χ3v) is 4.11. The van der Waals surface area contributed by atoms with Crippen LogP contribution in [0.2, 0.25) is 0 Å². The Balaban J connectivity index is 0. The Labute approximate surface area is 148 Å². The molecular weight excluding hydrogens is 321 g/mol. The van der Waals surface area contributed by atoms with Gasteiger partial charge in [0, 0.05) is 19.6 Å². The van der Waals surface area contributed by atoms with Gasteiger partial charge >= 0.3 is 0 Å². The molecule has 1 aliphatic rings. The van der Waals surface area contributed by atoms with E-state index < -0.39 is 6.04 Å². The first-order chi connectivity index (χ1) is 9.20. The van der Waals surface area contributed by atoms with Crippen molar-refractivity contribution < 1.29 is 4.79 Å². The Hall–Kier alpha value is -0.0300. The molecule has 0 aromatic heterocycles. The van der Waals surface area contributed by atoms with E-state index in [2.05, 4.69) is 24.1 Å². The monoisotopic (exact) mass is 355 g/mol. The van der Waals surface area contributed by atoms with Crippen molar-refractivity contribution in [3.63, 3.8) is 0 Å². The van der Waals surface area contributed by atoms with Crippen LogP contribution in [0.15, 0.2) is 0 Å². The zero-order chi connectivity index (χ0) is 15.3. The van der Waals surface area contributed by atoms with Gasteiger partial charge in [0.25, 0.3) is 0 Å². The number of rotatable bonds is 5. The SMILES string of the molecule is CC1CC(C)CN(CCCNC(=O)[C@@H](N)C(C)(C)C)C1.Cl.Cl. The van der Waals surface area contributed by atoms with Crippen molar-refractivity contribution in [1.82, 2.24) is 10.2 Å². The first-order valence-corrected chi connectivity index (χ1v) is 7.95. The van der Waals surface area contributed by atoms with Crippen LogP contribution in [-0.4, -0.2) is 43.0 Å². The molecule has 1 heterocycles. The van der Waals surface area contributed by atoms with Crippen molar-refractivity contribution in [3.8, 4) is 0 Å². The second-order valence-corrected chi connectivity index (χ2v) is 7.69. The summed E-state index contributed by atoms with van der Waals surface area (Å²) >= 11 is 0. The third kappa shape index (κ3) is 8.56. The van der Waals surface area contributed by atoms with Gasteiger partial charge in [-0.3, -0.25) is 4.79 Å². The summed E-state index contributed by atoms with van der Waals surface area (Å²) in [5.74, 6) is 1.56. The average Bonchev–Trinajstić information content (AvgIpc) is 2.31. The van der Waals surface area contributed by atoms with E-state index in [0.717, 1.165) is 31.3 Å². The second kappa shape index (κ2) is 10.7. The second-order valence-electron chi connectivity index (χ2n) is 7.69. The summed E-state index contributed by atoms with van der Waals surface area (Å²) in [6.07, 6.45) is 2.34. The van der Waals surface area contributed by atoms with Gasteiger partial charge in [0.2, 0.25) is 5.91 Å². The lowest BCUT2D eigenvalue weighted by Gasteiger charge is -2.35. The highest BCUT2D eigenvalue weighted by atomic mass is 35.5. The van der Waals surface area contributed by atoms with Crippen molar-refractivity contribution in [3.05, 3.63) is 0 Å². The molecule has 1 fully saturated rings. The van der Waals surface area contributed by atoms with Gasteiger partial charge in [-0.2, -0.15) is 0 Å². The van der Waals surface area contributed by atoms with E-state index in [-0.39, 0.29) is 36.1 Å². The number of carbonyl (C=O) groups is 1. The summed E-state index contributed by atoms with van der Waals surface area (Å²) < 4.78 is 0. The summed E-state index contributed by atoms with van der Waals surface area (Å²) in [7, 11) is 0. The number of amides is 1. The van der Waals surface area contributed by atoms with Gasteiger partial charge in [0.1, 0.15) is 0 Å². The predicted molar refractivity (Wildman–Crippen MR) is 98.9 cm³/mol. The maximum atomic E-state index is 11.9. The number of nitrogens with two attached hydrogens (primary N) is 1. The molecule has 1 amide bonds. The maximum Gasteiger partial charge on any atom is 0.237 e. The van der Waals surface area contributed by atoms with Gasteiger partial charge in [-0.25, -0.2) is 0 Å². The molecule has 1 rings (SSSR count). The predicted octanol–water partition coefficient (Wildman–Crippen LogP) is 2.69. The van der Waals surface area contributed by atoms with Crippen molar-refractivity contribution in [2.75, 3.05) is 26.2 Å². The Morgan fingerprint density at radius 2 is 1.73 bits per heavy atom. The number of likely N-dealkylation sites (tertiary alicyclic amines) is 1. The molecule has 22 heavy (non-hydrogen) atoms. The minimum absolute atomic E-state index is 0. The first-order valence-electron chi connectivity index (χ1n) is 7.95. The number of nitrogens with one attached hydrogen (secondary N) is 1. The van der Waals surface area contributed by atoms with E-state index >= 15 is 0 Å². The van der Waals surface area contributed by atoms with E-state index in [1.807, 2.05) is 20.8 Å². The van der Waals surface area contributed by atoms with Crippen LogP contribution >= 0.6 is 24.8 Å². The molecule has 0 aromatic rings. The van der Waals surface area contributed by atoms with Gasteiger partial charge in [-0.05, 0) is 36.6 Å². The lowest BCUT2D eigenvalue weighted by molar-refractivity contribution is -0.124. The van der Waals surface area contributed by atoms with Crippen LogP contribution in [0.3, 0.4) is 0 Å². The number of nitrogens with zero attached hydrogens (tertiary/aromatic N) is 1. The van der Waals surface area contributed by atoms with Crippen LogP contribution in [0.5, 0.6) is 0 Å². The lowest BCUT2D eigenvalue weighted by atomic mass is 9.87. The number of halogens is 2. The molecule has 0 saturated carbocycles. The van der Waals surface area contributed by atoms with Crippen LogP contribution in [0.4, 0.5) is 0 Å². The highest BCUT2D eigenvalue weighted by Gasteiger charge is 2.27. The fourth-order valence-electron chi connectivity index (χ4n) is 2.99. The number of hydrogen-bond acceptors (Lipinski definition) is 3. The molecule has 0 aliphatic carbocycles. The molecule has 0 bridgehead atoms. The van der Waals surface area contributed by atoms with Crippen LogP contribution < -0.4 is 11.1 Å². The van der Waals surface area contributed by atoms with E-state index in [0.29, 0.717) is 0 Å². The van der Waals surface area contributed by atoms with Crippen molar-refractivity contribution in [1.29, 1.82) is 0 Å². The Morgan fingerprint density at radius 1 is 1.23 bits per heavy atom. The lowest BCUT2D eigenvalue weighted by Crippen LogP contribution is -2.49. The van der Waals surface area contributed by atoms with Crippen molar-refractivity contribution >= 4 is 30.7 Å². The standard InChI is InChI=1S/C16H33N3O.2ClH/c1-12-9-13(2)11-19(10-12)8-6-7-18-15(20)14(17)16(3,4)5;;/h12-14H,6-11,17H2,1-5H3,(H,18,20);2*1H/t12?,13?,14-;;/m1../s1. The molecule has 0 aromatic carbocycles. The molecule has 6 heteroatoms. The van der Waals surface area contributed by atoms with E-state index in [1.54, 1.807) is 0 Å². The Morgan fingerprint density at radius 3 is 2.18 bits per heavy atom. The molecule has 2 unspecified atom stereocenters. The molecule has 0 radical (unpaired) electrons. The number of carbonyl (C=O) groups excluding carboxylic acids is 1. The highest BCUT2D eigenvalue weighted by Crippen LogP contribution is 2.20. The Kier molecular flexibility index (Phi) is 11.8. The van der Waals surface area contributed by atoms with Crippen molar-refractivity contribution in [2.45, 2.75) is 53.5 Å². The molecule has 3 atom stereocenters. The summed E-state index contributed by atoms with van der Waals surface area (Å²) in [5, 5.41) is 2.96. The molecule has 1 aliphatic heterocycles. The quantitative estimate of drug-likeness (QED) is 0.745. The fourth-order valence-corrected chi connectivity index (χ4v) is 2.99. The van der Waals surface area contributed by atoms with Gasteiger partial charge in [-0.15, -0.1) is 24.8 Å². The fraction of sp³-hybridized carbons (Fsp3) is 0.938. The van der Waals surface area contributed by atoms with Gasteiger partial charge in [0.05, 0.1) is 6.04 Å². The summed E-state index contributed by atoms with van der Waals surface area (Å²) in [6.45, 7) is 14.8. The van der Waals surface area contributed by atoms with Crippen molar-refractivity contribution in [2.24, 2.45) is 23.0 Å². The third-order valence-electron chi connectivity index (χ3n) is 4.11. The molecule has 3 N–H and O–H groups in total. The van der Waals surface area contributed by atoms with Gasteiger partial charge in [0.15, 0.2) is 0 Å². The molecule has 134 valence electrons. The normalized spacial score (nSPS) is 23.9.